The number of Topliss-reactive ketones (excluding diaryl/α,β-unsaturated/α-hetero) is 1. The lowest BCUT2D eigenvalue weighted by molar-refractivity contribution is -0.119. The molecule has 0 radical (unpaired) electrons. The van der Waals surface area contributed by atoms with Gasteiger partial charge in [-0.1, -0.05) is 0 Å². The molecule has 4 nitrogen and oxygen atoms in total. The zero-order valence-electron chi connectivity index (χ0n) is 7.07. The fourth-order valence-electron chi connectivity index (χ4n) is 0.709. The van der Waals surface area contributed by atoms with Crippen LogP contribution in [0.25, 0.3) is 0 Å². The molecule has 12 heavy (non-hydrogen) atoms. The van der Waals surface area contributed by atoms with Gasteiger partial charge in [0.1, 0.15) is 12.9 Å². The summed E-state index contributed by atoms with van der Waals surface area (Å²) in [7, 11) is 0. The van der Waals surface area contributed by atoms with Gasteiger partial charge in [0.2, 0.25) is 5.88 Å². The van der Waals surface area contributed by atoms with E-state index < -0.39 is 0 Å². The van der Waals surface area contributed by atoms with Gasteiger partial charge >= 0.3 is 0 Å². The van der Waals surface area contributed by atoms with Crippen molar-refractivity contribution in [2.75, 3.05) is 6.61 Å². The number of rotatable bonds is 3. The molecule has 4 heteroatoms. The first-order chi connectivity index (χ1) is 5.70. The van der Waals surface area contributed by atoms with E-state index in [0.29, 0.717) is 5.88 Å². The third-order valence-electron chi connectivity index (χ3n) is 1.26. The summed E-state index contributed by atoms with van der Waals surface area (Å²) in [5.74, 6) is 0.452. The van der Waals surface area contributed by atoms with Crippen molar-refractivity contribution in [2.24, 2.45) is 0 Å². The number of aryl methyl sites for hydroxylation is 1. The van der Waals surface area contributed by atoms with Crippen LogP contribution in [0.2, 0.25) is 0 Å². The molecular weight excluding hydrogens is 156 g/mol. The van der Waals surface area contributed by atoms with Gasteiger partial charge in [-0.05, 0) is 13.8 Å². The number of hydrogen-bond acceptors (Lipinski definition) is 4. The molecule has 0 atom stereocenters. The SMILES string of the molecule is CC(=O)COc1ncncc1C. The number of aromatic nitrogens is 2. The van der Waals surface area contributed by atoms with Crippen LogP contribution in [-0.2, 0) is 4.79 Å². The van der Waals surface area contributed by atoms with Gasteiger partial charge in [0, 0.05) is 11.8 Å². The molecule has 0 aliphatic rings. The molecule has 0 unspecified atom stereocenters. The molecule has 1 heterocycles. The summed E-state index contributed by atoms with van der Waals surface area (Å²) < 4.78 is 5.10. The topological polar surface area (TPSA) is 52.1 Å². The average Bonchev–Trinajstić information content (AvgIpc) is 2.03. The van der Waals surface area contributed by atoms with Crippen LogP contribution < -0.4 is 4.74 Å². The van der Waals surface area contributed by atoms with Crippen LogP contribution in [0.3, 0.4) is 0 Å². The van der Waals surface area contributed by atoms with E-state index in [4.69, 9.17) is 4.74 Å². The Balaban J connectivity index is 2.63. The van der Waals surface area contributed by atoms with Crippen molar-refractivity contribution in [3.05, 3.63) is 18.1 Å². The van der Waals surface area contributed by atoms with Crippen LogP contribution in [0.1, 0.15) is 12.5 Å². The third-order valence-corrected chi connectivity index (χ3v) is 1.26. The number of carbonyl (C=O) groups excluding carboxylic acids is 1. The Morgan fingerprint density at radius 2 is 2.42 bits per heavy atom. The van der Waals surface area contributed by atoms with E-state index in [1.54, 1.807) is 6.20 Å². The normalized spacial score (nSPS) is 9.50. The molecule has 0 aliphatic heterocycles. The molecule has 64 valence electrons. The molecule has 0 N–H and O–H groups in total. The van der Waals surface area contributed by atoms with Crippen molar-refractivity contribution in [3.63, 3.8) is 0 Å². The van der Waals surface area contributed by atoms with E-state index in [-0.39, 0.29) is 12.4 Å². The zero-order valence-corrected chi connectivity index (χ0v) is 7.07. The number of carbonyl (C=O) groups is 1. The first-order valence-corrected chi connectivity index (χ1v) is 3.59. The monoisotopic (exact) mass is 166 g/mol. The predicted octanol–water partition coefficient (Wildman–Crippen LogP) is 0.753. The van der Waals surface area contributed by atoms with Crippen LogP contribution in [-0.4, -0.2) is 22.4 Å². The summed E-state index contributed by atoms with van der Waals surface area (Å²) in [5, 5.41) is 0. The maximum atomic E-state index is 10.6. The van der Waals surface area contributed by atoms with Crippen molar-refractivity contribution in [2.45, 2.75) is 13.8 Å². The minimum Gasteiger partial charge on any atom is -0.469 e. The molecule has 1 aromatic rings. The summed E-state index contributed by atoms with van der Waals surface area (Å²) in [6, 6.07) is 0. The molecule has 0 bridgehead atoms. The summed E-state index contributed by atoms with van der Waals surface area (Å²) in [4.78, 5) is 18.2. The lowest BCUT2D eigenvalue weighted by Crippen LogP contribution is -2.08. The highest BCUT2D eigenvalue weighted by Crippen LogP contribution is 2.09. The Bertz CT molecular complexity index is 286. The summed E-state index contributed by atoms with van der Waals surface area (Å²) in [5.41, 5.74) is 0.832. The van der Waals surface area contributed by atoms with Gasteiger partial charge in [0.05, 0.1) is 0 Å². The molecule has 0 saturated heterocycles. The van der Waals surface area contributed by atoms with Gasteiger partial charge in [-0.2, -0.15) is 0 Å². The quantitative estimate of drug-likeness (QED) is 0.665. The second-order valence-corrected chi connectivity index (χ2v) is 2.50. The molecule has 1 rings (SSSR count). The lowest BCUT2D eigenvalue weighted by atomic mass is 10.4. The van der Waals surface area contributed by atoms with Gasteiger partial charge in [0.15, 0.2) is 5.78 Å². The molecule has 0 amide bonds. The number of ether oxygens (including phenoxy) is 1. The Morgan fingerprint density at radius 3 is 3.00 bits per heavy atom. The smallest absolute Gasteiger partial charge is 0.219 e. The first-order valence-electron chi connectivity index (χ1n) is 3.59. The number of nitrogens with zero attached hydrogens (tertiary/aromatic N) is 2. The van der Waals surface area contributed by atoms with Gasteiger partial charge in [0.25, 0.3) is 0 Å². The fourth-order valence-corrected chi connectivity index (χ4v) is 0.709. The number of hydrogen-bond donors (Lipinski definition) is 0. The highest BCUT2D eigenvalue weighted by molar-refractivity contribution is 5.77. The van der Waals surface area contributed by atoms with Crippen LogP contribution in [0, 0.1) is 6.92 Å². The highest BCUT2D eigenvalue weighted by Gasteiger charge is 2.00. The van der Waals surface area contributed by atoms with E-state index >= 15 is 0 Å². The summed E-state index contributed by atoms with van der Waals surface area (Å²) in [6.45, 7) is 3.36. The molecule has 0 aromatic carbocycles. The van der Waals surface area contributed by atoms with Gasteiger partial charge in [-0.15, -0.1) is 0 Å². The van der Waals surface area contributed by atoms with E-state index in [1.807, 2.05) is 6.92 Å². The van der Waals surface area contributed by atoms with Crippen LogP contribution in [0.5, 0.6) is 5.88 Å². The van der Waals surface area contributed by atoms with E-state index in [0.717, 1.165) is 5.56 Å². The molecule has 0 saturated carbocycles. The Hall–Kier alpha value is -1.45. The van der Waals surface area contributed by atoms with Crippen LogP contribution >= 0.6 is 0 Å². The molecule has 0 fully saturated rings. The van der Waals surface area contributed by atoms with E-state index in [2.05, 4.69) is 9.97 Å². The number of ketones is 1. The van der Waals surface area contributed by atoms with E-state index in [9.17, 15) is 4.79 Å². The van der Waals surface area contributed by atoms with Crippen molar-refractivity contribution >= 4 is 5.78 Å². The van der Waals surface area contributed by atoms with Gasteiger partial charge in [-0.25, -0.2) is 9.97 Å². The van der Waals surface area contributed by atoms with Crippen LogP contribution in [0.15, 0.2) is 12.5 Å². The van der Waals surface area contributed by atoms with E-state index in [1.165, 1.54) is 13.3 Å². The average molecular weight is 166 g/mol. The minimum atomic E-state index is -0.0204. The maximum absolute atomic E-state index is 10.6. The second kappa shape index (κ2) is 3.80. The first kappa shape index (κ1) is 8.64. The summed E-state index contributed by atoms with van der Waals surface area (Å²) in [6.07, 6.45) is 3.03. The minimum absolute atomic E-state index is 0.0204. The fraction of sp³-hybridized carbons (Fsp3) is 0.375. The van der Waals surface area contributed by atoms with Gasteiger partial charge in [-0.3, -0.25) is 4.79 Å². The van der Waals surface area contributed by atoms with Crippen molar-refractivity contribution in [1.82, 2.24) is 9.97 Å². The predicted molar refractivity (Wildman–Crippen MR) is 42.9 cm³/mol. The van der Waals surface area contributed by atoms with Gasteiger partial charge < -0.3 is 4.74 Å². The zero-order chi connectivity index (χ0) is 8.97. The molecule has 1 aromatic heterocycles. The Kier molecular flexibility index (Phi) is 2.74. The molecular formula is C8H10N2O2. The van der Waals surface area contributed by atoms with Crippen molar-refractivity contribution in [3.8, 4) is 5.88 Å². The lowest BCUT2D eigenvalue weighted by Gasteiger charge is -2.03. The molecule has 0 aliphatic carbocycles. The Morgan fingerprint density at radius 1 is 1.67 bits per heavy atom. The largest absolute Gasteiger partial charge is 0.469 e. The summed E-state index contributed by atoms with van der Waals surface area (Å²) >= 11 is 0. The third kappa shape index (κ3) is 2.30. The molecule has 0 spiro atoms. The standard InChI is InChI=1S/C8H10N2O2/c1-6-3-9-5-10-8(6)12-4-7(2)11/h3,5H,4H2,1-2H3. The second-order valence-electron chi connectivity index (χ2n) is 2.50. The van der Waals surface area contributed by atoms with Crippen molar-refractivity contribution in [1.29, 1.82) is 0 Å². The van der Waals surface area contributed by atoms with Crippen molar-refractivity contribution < 1.29 is 9.53 Å². The highest BCUT2D eigenvalue weighted by atomic mass is 16.5. The maximum Gasteiger partial charge on any atom is 0.219 e. The van der Waals surface area contributed by atoms with Crippen LogP contribution in [0.4, 0.5) is 0 Å². The Labute approximate surface area is 70.6 Å².